The number of fused-ring (bicyclic) bond motifs is 1. The Bertz CT molecular complexity index is 716. The first-order chi connectivity index (χ1) is 9.79. The molecule has 0 radical (unpaired) electrons. The highest BCUT2D eigenvalue weighted by atomic mass is 16.5. The van der Waals surface area contributed by atoms with Gasteiger partial charge < -0.3 is 10.1 Å². The van der Waals surface area contributed by atoms with Gasteiger partial charge in [-0.15, -0.1) is 0 Å². The summed E-state index contributed by atoms with van der Waals surface area (Å²) in [4.78, 5) is 12.3. The number of para-hydroxylation sites is 2. The molecule has 96 valence electrons. The first kappa shape index (κ1) is 12.0. The number of nitrogens with one attached hydrogen (secondary N) is 1. The van der Waals surface area contributed by atoms with Gasteiger partial charge in [0.05, 0.1) is 5.69 Å². The molecular weight excluding hydrogens is 252 g/mol. The lowest BCUT2D eigenvalue weighted by Gasteiger charge is -2.03. The number of ether oxygens (including phenoxy) is 1. The molecule has 3 rings (SSSR count). The molecule has 0 fully saturated rings. The van der Waals surface area contributed by atoms with Gasteiger partial charge in [0.1, 0.15) is 6.07 Å². The number of nitriles is 1. The summed E-state index contributed by atoms with van der Waals surface area (Å²) >= 11 is 0. The maximum atomic E-state index is 12.3. The summed E-state index contributed by atoms with van der Waals surface area (Å²) in [7, 11) is 0. The maximum absolute atomic E-state index is 12.3. The van der Waals surface area contributed by atoms with Gasteiger partial charge >= 0.3 is 0 Å². The van der Waals surface area contributed by atoms with Crippen LogP contribution in [0, 0.1) is 11.3 Å². The molecule has 0 aromatic heterocycles. The Balaban J connectivity index is 1.99. The number of carbonyl (C=O) groups is 1. The van der Waals surface area contributed by atoms with E-state index < -0.39 is 0 Å². The number of allylic oxidation sites excluding steroid dienone is 1. The molecular formula is C16H10N2O2. The van der Waals surface area contributed by atoms with E-state index in [1.165, 1.54) is 0 Å². The fraction of sp³-hybridized carbons (Fsp3) is 0. The molecule has 0 bridgehead atoms. The molecule has 0 atom stereocenters. The number of hydrogen-bond acceptors (Lipinski definition) is 4. The smallest absolute Gasteiger partial charge is 0.220 e. The average Bonchev–Trinajstić information content (AvgIpc) is 2.92. The van der Waals surface area contributed by atoms with Crippen molar-refractivity contribution in [1.29, 1.82) is 5.26 Å². The van der Waals surface area contributed by atoms with Gasteiger partial charge in [0, 0.05) is 5.56 Å². The van der Waals surface area contributed by atoms with Gasteiger partial charge in [-0.1, -0.05) is 42.5 Å². The highest BCUT2D eigenvalue weighted by molar-refractivity contribution is 6.12. The van der Waals surface area contributed by atoms with Crippen molar-refractivity contribution in [1.82, 2.24) is 0 Å². The Morgan fingerprint density at radius 1 is 1.05 bits per heavy atom. The van der Waals surface area contributed by atoms with Crippen molar-refractivity contribution in [2.45, 2.75) is 0 Å². The molecule has 0 saturated heterocycles. The molecule has 1 N–H and O–H groups in total. The fourth-order valence-electron chi connectivity index (χ4n) is 1.97. The van der Waals surface area contributed by atoms with Crippen LogP contribution in [0.25, 0.3) is 0 Å². The Kier molecular flexibility index (Phi) is 2.94. The van der Waals surface area contributed by atoms with Crippen LogP contribution >= 0.6 is 0 Å². The second-order valence-corrected chi connectivity index (χ2v) is 4.23. The van der Waals surface area contributed by atoms with Crippen molar-refractivity contribution >= 4 is 11.5 Å². The largest absolute Gasteiger partial charge is 0.437 e. The van der Waals surface area contributed by atoms with Crippen LogP contribution in [-0.2, 0) is 0 Å². The Morgan fingerprint density at radius 3 is 2.45 bits per heavy atom. The summed E-state index contributed by atoms with van der Waals surface area (Å²) in [6, 6.07) is 17.9. The van der Waals surface area contributed by atoms with Crippen molar-refractivity contribution in [2.75, 3.05) is 5.32 Å². The highest BCUT2D eigenvalue weighted by Crippen LogP contribution is 2.34. The predicted molar refractivity (Wildman–Crippen MR) is 74.1 cm³/mol. The number of ketones is 1. The van der Waals surface area contributed by atoms with Crippen LogP contribution in [0.2, 0.25) is 0 Å². The number of carbonyl (C=O) groups excluding carboxylic acids is 1. The molecule has 0 spiro atoms. The summed E-state index contributed by atoms with van der Waals surface area (Å²) < 4.78 is 5.53. The van der Waals surface area contributed by atoms with E-state index in [9.17, 15) is 10.1 Å². The van der Waals surface area contributed by atoms with Gasteiger partial charge in [-0.3, -0.25) is 4.79 Å². The number of anilines is 1. The molecule has 0 aliphatic carbocycles. The van der Waals surface area contributed by atoms with Crippen LogP contribution in [-0.4, -0.2) is 5.78 Å². The minimum absolute atomic E-state index is 0.0348. The van der Waals surface area contributed by atoms with E-state index in [0.717, 1.165) is 5.69 Å². The molecule has 1 aliphatic heterocycles. The Morgan fingerprint density at radius 2 is 1.75 bits per heavy atom. The van der Waals surface area contributed by atoms with Crippen LogP contribution in [0.4, 0.5) is 5.69 Å². The van der Waals surface area contributed by atoms with Gasteiger partial charge in [-0.05, 0) is 12.1 Å². The van der Waals surface area contributed by atoms with Crippen LogP contribution < -0.4 is 10.1 Å². The van der Waals surface area contributed by atoms with Crippen LogP contribution in [0.15, 0.2) is 66.1 Å². The van der Waals surface area contributed by atoms with E-state index in [1.807, 2.05) is 30.3 Å². The Hall–Kier alpha value is -3.06. The number of nitrogens with zero attached hydrogens (tertiary/aromatic N) is 1. The van der Waals surface area contributed by atoms with Crippen molar-refractivity contribution in [3.63, 3.8) is 0 Å². The van der Waals surface area contributed by atoms with Crippen LogP contribution in [0.1, 0.15) is 10.4 Å². The third-order valence-corrected chi connectivity index (χ3v) is 2.95. The van der Waals surface area contributed by atoms with E-state index in [2.05, 4.69) is 5.32 Å². The topological polar surface area (TPSA) is 62.1 Å². The predicted octanol–water partition coefficient (Wildman–Crippen LogP) is 3.11. The summed E-state index contributed by atoms with van der Waals surface area (Å²) in [6.45, 7) is 0. The molecule has 1 heterocycles. The van der Waals surface area contributed by atoms with Gasteiger partial charge in [-0.2, -0.15) is 5.26 Å². The first-order valence-electron chi connectivity index (χ1n) is 6.07. The van der Waals surface area contributed by atoms with E-state index in [-0.39, 0.29) is 17.2 Å². The van der Waals surface area contributed by atoms with Crippen molar-refractivity contribution in [2.24, 2.45) is 0 Å². The van der Waals surface area contributed by atoms with Gasteiger partial charge in [0.15, 0.2) is 11.3 Å². The molecule has 0 amide bonds. The molecule has 4 nitrogen and oxygen atoms in total. The summed E-state index contributed by atoms with van der Waals surface area (Å²) in [5.41, 5.74) is 1.17. The monoisotopic (exact) mass is 262 g/mol. The molecule has 2 aromatic rings. The summed E-state index contributed by atoms with van der Waals surface area (Å²) in [5, 5.41) is 12.2. The zero-order valence-electron chi connectivity index (χ0n) is 10.5. The highest BCUT2D eigenvalue weighted by Gasteiger charge is 2.24. The summed E-state index contributed by atoms with van der Waals surface area (Å²) in [5.74, 6) is 0.432. The second-order valence-electron chi connectivity index (χ2n) is 4.23. The van der Waals surface area contributed by atoms with Crippen molar-refractivity contribution in [3.05, 3.63) is 71.6 Å². The van der Waals surface area contributed by atoms with E-state index >= 15 is 0 Å². The van der Waals surface area contributed by atoms with E-state index in [1.54, 1.807) is 30.3 Å². The number of hydrogen-bond donors (Lipinski definition) is 1. The third kappa shape index (κ3) is 2.02. The minimum atomic E-state index is -0.358. The van der Waals surface area contributed by atoms with Crippen molar-refractivity contribution < 1.29 is 9.53 Å². The SMILES string of the molecule is N#C/C(C(=O)c1ccccc1)=C1\Nc2ccccc2O1. The Labute approximate surface area is 115 Å². The molecule has 1 aliphatic rings. The van der Waals surface area contributed by atoms with E-state index in [4.69, 9.17) is 4.74 Å². The summed E-state index contributed by atoms with van der Waals surface area (Å²) in [6.07, 6.45) is 0. The quantitative estimate of drug-likeness (QED) is 0.513. The lowest BCUT2D eigenvalue weighted by molar-refractivity contribution is 0.103. The minimum Gasteiger partial charge on any atom is -0.437 e. The molecule has 4 heteroatoms. The lowest BCUT2D eigenvalue weighted by Crippen LogP contribution is -2.10. The molecule has 0 unspecified atom stereocenters. The molecule has 0 saturated carbocycles. The molecule has 20 heavy (non-hydrogen) atoms. The van der Waals surface area contributed by atoms with E-state index in [0.29, 0.717) is 11.3 Å². The van der Waals surface area contributed by atoms with Crippen molar-refractivity contribution in [3.8, 4) is 11.8 Å². The van der Waals surface area contributed by atoms with Crippen LogP contribution in [0.5, 0.6) is 5.75 Å². The zero-order chi connectivity index (χ0) is 13.9. The standard InChI is InChI=1S/C16H10N2O2/c17-10-12(15(19)11-6-2-1-3-7-11)16-18-13-8-4-5-9-14(13)20-16/h1-9,18H/b16-12-. The first-order valence-corrected chi connectivity index (χ1v) is 6.07. The second kappa shape index (κ2) is 4.90. The zero-order valence-corrected chi connectivity index (χ0v) is 10.5. The molecule has 2 aromatic carbocycles. The van der Waals surface area contributed by atoms with Gasteiger partial charge in [0.25, 0.3) is 0 Å². The third-order valence-electron chi connectivity index (χ3n) is 2.95. The lowest BCUT2D eigenvalue weighted by atomic mass is 10.1. The van der Waals surface area contributed by atoms with Crippen LogP contribution in [0.3, 0.4) is 0 Å². The maximum Gasteiger partial charge on any atom is 0.220 e. The number of Topliss-reactive ketones (excluding diaryl/α,β-unsaturated/α-hetero) is 1. The number of rotatable bonds is 2. The van der Waals surface area contributed by atoms with Gasteiger partial charge in [0.2, 0.25) is 11.7 Å². The normalized spacial score (nSPS) is 14.6. The number of benzene rings is 2. The fourth-order valence-corrected chi connectivity index (χ4v) is 1.97. The average molecular weight is 262 g/mol. The van der Waals surface area contributed by atoms with Gasteiger partial charge in [-0.25, -0.2) is 0 Å².